The average Bonchev–Trinajstić information content (AvgIpc) is 3.49. The number of benzene rings is 3. The molecule has 1 unspecified atom stereocenters. The molecule has 4 aliphatic rings. The van der Waals surface area contributed by atoms with Crippen molar-refractivity contribution >= 4 is 5.91 Å². The van der Waals surface area contributed by atoms with Crippen molar-refractivity contribution in [2.45, 2.75) is 76.8 Å². The molecule has 1 amide bonds. The quantitative estimate of drug-likeness (QED) is 0.309. The second-order valence-corrected chi connectivity index (χ2v) is 12.5. The first-order chi connectivity index (χ1) is 20.7. The van der Waals surface area contributed by atoms with Gasteiger partial charge in [0.25, 0.3) is 0 Å². The molecule has 0 aromatic heterocycles. The zero-order chi connectivity index (χ0) is 30.2. The molecule has 0 aliphatic carbocycles. The molecule has 1 fully saturated rings. The third-order valence-electron chi connectivity index (χ3n) is 10.3. The van der Waals surface area contributed by atoms with Crippen LogP contribution in [0.15, 0.2) is 36.4 Å². The predicted octanol–water partition coefficient (Wildman–Crippen LogP) is 3.70. The first-order valence-electron chi connectivity index (χ1n) is 15.1. The number of nitrogens with one attached hydrogen (secondary N) is 1. The number of phenols is 2. The number of aryl methyl sites for hydroxylation is 2. The van der Waals surface area contributed by atoms with Crippen molar-refractivity contribution in [1.82, 2.24) is 15.1 Å². The van der Waals surface area contributed by atoms with Crippen LogP contribution in [0, 0.1) is 64.8 Å². The molecular formula is C34H39AcN3O6. The van der Waals surface area contributed by atoms with Crippen molar-refractivity contribution in [1.29, 1.82) is 0 Å². The number of aliphatic hydroxyl groups excluding tert-OH is 1. The number of hydrogen-bond acceptors (Lipinski definition) is 8. The first kappa shape index (κ1) is 31.6. The molecule has 0 spiro atoms. The molecule has 44 heavy (non-hydrogen) atoms. The topological polar surface area (TPSA) is 115 Å². The maximum absolute atomic E-state index is 13.2. The van der Waals surface area contributed by atoms with E-state index >= 15 is 0 Å². The Morgan fingerprint density at radius 3 is 2.45 bits per heavy atom. The minimum absolute atomic E-state index is 0. The van der Waals surface area contributed by atoms with Crippen LogP contribution in [0.3, 0.4) is 0 Å². The van der Waals surface area contributed by atoms with Crippen LogP contribution in [0.25, 0.3) is 0 Å². The van der Waals surface area contributed by atoms with Crippen molar-refractivity contribution in [2.75, 3.05) is 20.4 Å². The second kappa shape index (κ2) is 12.1. The zero-order valence-electron chi connectivity index (χ0n) is 25.6. The van der Waals surface area contributed by atoms with Crippen LogP contribution < -0.4 is 14.8 Å². The fourth-order valence-electron chi connectivity index (χ4n) is 7.92. The van der Waals surface area contributed by atoms with Gasteiger partial charge in [-0.15, -0.1) is 0 Å². The predicted molar refractivity (Wildman–Crippen MR) is 160 cm³/mol. The Hall–Kier alpha value is -2.35. The maximum atomic E-state index is 13.2. The van der Waals surface area contributed by atoms with Gasteiger partial charge in [0.1, 0.15) is 17.7 Å². The number of ether oxygens (including phenoxy) is 2. The van der Waals surface area contributed by atoms with Crippen LogP contribution in [-0.2, 0) is 24.1 Å². The van der Waals surface area contributed by atoms with Crippen molar-refractivity contribution < 1.29 is 73.7 Å². The molecule has 3 aromatic carbocycles. The molecular weight excluding hydrogens is 773 g/mol. The summed E-state index contributed by atoms with van der Waals surface area (Å²) in [6.07, 6.45) is 1.12. The summed E-state index contributed by atoms with van der Waals surface area (Å²) < 4.78 is 11.8. The molecule has 4 heterocycles. The smallest absolute Gasteiger partial charge is 0.231 e. The van der Waals surface area contributed by atoms with Crippen LogP contribution in [-0.4, -0.2) is 69.7 Å². The van der Waals surface area contributed by atoms with Crippen molar-refractivity contribution in [2.24, 2.45) is 0 Å². The maximum Gasteiger partial charge on any atom is 0.231 e. The number of aromatic hydroxyl groups is 2. The Morgan fingerprint density at radius 2 is 1.70 bits per heavy atom. The molecule has 5 atom stereocenters. The van der Waals surface area contributed by atoms with Gasteiger partial charge < -0.3 is 30.1 Å². The molecule has 7 rings (SSSR count). The van der Waals surface area contributed by atoms with Crippen molar-refractivity contribution in [3.05, 3.63) is 80.9 Å². The number of rotatable bonds is 5. The summed E-state index contributed by atoms with van der Waals surface area (Å²) >= 11 is 0. The van der Waals surface area contributed by atoms with Crippen molar-refractivity contribution in [3.8, 4) is 23.0 Å². The van der Waals surface area contributed by atoms with E-state index in [-0.39, 0.29) is 87.2 Å². The van der Waals surface area contributed by atoms with Crippen LogP contribution in [0.2, 0.25) is 0 Å². The van der Waals surface area contributed by atoms with Gasteiger partial charge in [0.15, 0.2) is 11.5 Å². The Labute approximate surface area is 293 Å². The van der Waals surface area contributed by atoms with Gasteiger partial charge in [-0.3, -0.25) is 14.6 Å². The molecule has 9 nitrogen and oxygen atoms in total. The largest absolute Gasteiger partial charge is 0.507 e. The van der Waals surface area contributed by atoms with E-state index in [2.05, 4.69) is 21.2 Å². The summed E-state index contributed by atoms with van der Waals surface area (Å²) in [5, 5.41) is 38.2. The Morgan fingerprint density at radius 1 is 0.977 bits per heavy atom. The number of piperazine rings is 1. The van der Waals surface area contributed by atoms with E-state index < -0.39 is 12.3 Å². The van der Waals surface area contributed by atoms with Gasteiger partial charge in [-0.2, -0.15) is 0 Å². The SMILES string of the molecule is Cc1cc2c(c(O)c1C)[C@@H]1C3Cc4c(O)c(C)c5c(c4[C@H](CNC(=O)CCc4ccccc4)N3[C@@H](O)[C@H](C2)N1C)OCO5.[Ac]. The van der Waals surface area contributed by atoms with Crippen molar-refractivity contribution in [3.63, 3.8) is 0 Å². The molecule has 4 N–H and O–H groups in total. The van der Waals surface area contributed by atoms with Gasteiger partial charge in [0.05, 0.1) is 18.1 Å². The minimum atomic E-state index is -0.857. The third-order valence-corrected chi connectivity index (χ3v) is 10.3. The number of phenolic OH excluding ortho intramolecular Hbond substituents is 2. The van der Waals surface area contributed by atoms with Crippen LogP contribution >= 0.6 is 0 Å². The van der Waals surface area contributed by atoms with E-state index in [1.807, 2.05) is 58.2 Å². The normalized spacial score (nSPS) is 25.0. The number of likely N-dealkylation sites (N-methyl/N-ethyl adjacent to an activating group) is 1. The molecule has 10 heteroatoms. The monoisotopic (exact) mass is 812 g/mol. The van der Waals surface area contributed by atoms with Gasteiger partial charge in [-0.05, 0) is 69.3 Å². The summed E-state index contributed by atoms with van der Waals surface area (Å²) in [5.41, 5.74) is 7.01. The van der Waals surface area contributed by atoms with Gasteiger partial charge in [0.2, 0.25) is 12.7 Å². The van der Waals surface area contributed by atoms with Crippen LogP contribution in [0.4, 0.5) is 0 Å². The third kappa shape index (κ3) is 4.93. The Bertz CT molecular complexity index is 1610. The minimum Gasteiger partial charge on any atom is -0.507 e. The molecule has 4 aliphatic heterocycles. The molecule has 1 radical (unpaired) electrons. The number of carbonyl (C=O) groups is 1. The summed E-state index contributed by atoms with van der Waals surface area (Å²) in [5.74, 6) is 1.44. The number of amides is 1. The zero-order valence-corrected chi connectivity index (χ0v) is 30.4. The average molecular weight is 813 g/mol. The molecule has 1 saturated heterocycles. The van der Waals surface area contributed by atoms with E-state index in [1.165, 1.54) is 0 Å². The Balaban J connectivity index is 0.00000343. The van der Waals surface area contributed by atoms with Gasteiger partial charge in [-0.1, -0.05) is 36.4 Å². The van der Waals surface area contributed by atoms with Crippen LogP contribution in [0.1, 0.15) is 63.0 Å². The van der Waals surface area contributed by atoms with E-state index in [1.54, 1.807) is 0 Å². The molecule has 2 bridgehead atoms. The van der Waals surface area contributed by atoms with E-state index in [4.69, 9.17) is 9.47 Å². The fourth-order valence-corrected chi connectivity index (χ4v) is 7.92. The van der Waals surface area contributed by atoms with Gasteiger partial charge >= 0.3 is 0 Å². The summed E-state index contributed by atoms with van der Waals surface area (Å²) in [4.78, 5) is 17.4. The number of fused-ring (bicyclic) bond motifs is 9. The summed E-state index contributed by atoms with van der Waals surface area (Å²) in [6, 6.07) is 10.8. The molecule has 3 aromatic rings. The van der Waals surface area contributed by atoms with Gasteiger partial charge in [-0.25, -0.2) is 0 Å². The van der Waals surface area contributed by atoms with E-state index in [0.717, 1.165) is 38.9 Å². The summed E-state index contributed by atoms with van der Waals surface area (Å²) in [6.45, 7) is 6.03. The molecule has 0 saturated carbocycles. The number of nitrogens with zero attached hydrogens (tertiary/aromatic N) is 2. The Kier molecular flexibility index (Phi) is 8.70. The standard InChI is InChI=1S/C34H39N3O6.Ac/c1-17-12-21-13-24-34(41)37-23(29(36(24)4)27(21)31(40)18(17)2)14-22-28(33-32(42-16-43-33)19(3)30(22)39)25(37)15-35-26(38)11-10-20-8-6-5-7-9-20;/h5-9,12,23-25,29,34,39-41H,10-11,13-16H2,1-4H3,(H,35,38);/t23?,24-,25-,29-,34-;/m0./s1. The molecule has 229 valence electrons. The summed E-state index contributed by atoms with van der Waals surface area (Å²) in [7, 11) is 2.01. The number of hydrogen-bond donors (Lipinski definition) is 4. The fraction of sp³-hybridized carbons (Fsp3) is 0.441. The second-order valence-electron chi connectivity index (χ2n) is 12.5. The number of aliphatic hydroxyl groups is 1. The van der Waals surface area contributed by atoms with E-state index in [0.29, 0.717) is 48.5 Å². The van der Waals surface area contributed by atoms with Crippen LogP contribution in [0.5, 0.6) is 23.0 Å². The van der Waals surface area contributed by atoms with E-state index in [9.17, 15) is 20.1 Å². The first-order valence-corrected chi connectivity index (χ1v) is 15.1. The van der Waals surface area contributed by atoms with Gasteiger partial charge in [0, 0.05) is 85.3 Å². The number of carbonyl (C=O) groups excluding carboxylic acids is 1.